The predicted octanol–water partition coefficient (Wildman–Crippen LogP) is -0.215. The molecule has 0 aliphatic heterocycles. The second kappa shape index (κ2) is 5.81. The van der Waals surface area contributed by atoms with Crippen LogP contribution in [-0.2, 0) is 11.3 Å². The molecule has 1 rings (SSSR count). The summed E-state index contributed by atoms with van der Waals surface area (Å²) in [5.74, 6) is -3.67. The third kappa shape index (κ3) is 5.48. The normalized spacial score (nSPS) is 13.6. The van der Waals surface area contributed by atoms with Gasteiger partial charge in [0, 0.05) is 25.4 Å². The number of carboxylic acids is 1. The SMILES string of the molecule is O=C(O)CC(O)(O)CC(O)CCn1cccc1. The van der Waals surface area contributed by atoms with Crippen LogP contribution in [0.3, 0.4) is 0 Å². The summed E-state index contributed by atoms with van der Waals surface area (Å²) in [6.07, 6.45) is 1.86. The van der Waals surface area contributed by atoms with Gasteiger partial charge in [0.15, 0.2) is 5.79 Å². The Kier molecular flexibility index (Phi) is 4.68. The molecule has 0 aliphatic rings. The van der Waals surface area contributed by atoms with Crippen molar-refractivity contribution in [3.8, 4) is 0 Å². The number of aromatic nitrogens is 1. The topological polar surface area (TPSA) is 103 Å². The number of aliphatic carboxylic acids is 1. The first kappa shape index (κ1) is 13.7. The molecule has 0 fully saturated rings. The van der Waals surface area contributed by atoms with Gasteiger partial charge in [-0.05, 0) is 18.6 Å². The number of hydrogen-bond acceptors (Lipinski definition) is 4. The molecule has 0 saturated heterocycles. The minimum atomic E-state index is -2.36. The molecule has 0 radical (unpaired) electrons. The Morgan fingerprint density at radius 1 is 1.29 bits per heavy atom. The van der Waals surface area contributed by atoms with Crippen molar-refractivity contribution in [1.29, 1.82) is 0 Å². The lowest BCUT2D eigenvalue weighted by atomic mass is 10.0. The monoisotopic (exact) mass is 243 g/mol. The van der Waals surface area contributed by atoms with E-state index in [-0.39, 0.29) is 6.42 Å². The fourth-order valence-corrected chi connectivity index (χ4v) is 1.61. The average molecular weight is 243 g/mol. The Hall–Kier alpha value is -1.37. The van der Waals surface area contributed by atoms with Crippen molar-refractivity contribution in [2.24, 2.45) is 0 Å². The molecule has 0 amide bonds. The van der Waals surface area contributed by atoms with E-state index in [1.165, 1.54) is 0 Å². The van der Waals surface area contributed by atoms with Gasteiger partial charge < -0.3 is 25.0 Å². The average Bonchev–Trinajstić information content (AvgIpc) is 2.63. The van der Waals surface area contributed by atoms with E-state index in [9.17, 15) is 20.1 Å². The first-order valence-corrected chi connectivity index (χ1v) is 5.34. The number of hydrogen-bond donors (Lipinski definition) is 4. The first-order chi connectivity index (χ1) is 7.89. The van der Waals surface area contributed by atoms with Gasteiger partial charge in [-0.25, -0.2) is 0 Å². The zero-order valence-electron chi connectivity index (χ0n) is 9.36. The molecule has 1 aromatic rings. The van der Waals surface area contributed by atoms with Gasteiger partial charge in [0.1, 0.15) is 0 Å². The van der Waals surface area contributed by atoms with Crippen LogP contribution in [0.2, 0.25) is 0 Å². The van der Waals surface area contributed by atoms with Crippen molar-refractivity contribution < 1.29 is 25.2 Å². The van der Waals surface area contributed by atoms with Gasteiger partial charge in [-0.1, -0.05) is 0 Å². The lowest BCUT2D eigenvalue weighted by Gasteiger charge is -2.22. The van der Waals surface area contributed by atoms with E-state index >= 15 is 0 Å². The highest BCUT2D eigenvalue weighted by Gasteiger charge is 2.29. The van der Waals surface area contributed by atoms with Gasteiger partial charge in [-0.3, -0.25) is 4.79 Å². The fourth-order valence-electron chi connectivity index (χ4n) is 1.61. The molecule has 6 nitrogen and oxygen atoms in total. The molecule has 0 spiro atoms. The summed E-state index contributed by atoms with van der Waals surface area (Å²) in [5, 5.41) is 36.6. The fraction of sp³-hybridized carbons (Fsp3) is 0.545. The molecular formula is C11H17NO5. The smallest absolute Gasteiger partial charge is 0.308 e. The molecule has 0 aliphatic carbocycles. The zero-order chi connectivity index (χ0) is 12.9. The number of aliphatic hydroxyl groups is 3. The summed E-state index contributed by atoms with van der Waals surface area (Å²) in [4.78, 5) is 10.3. The van der Waals surface area contributed by atoms with Gasteiger partial charge in [0.25, 0.3) is 0 Å². The van der Waals surface area contributed by atoms with Crippen LogP contribution in [0.1, 0.15) is 19.3 Å². The van der Waals surface area contributed by atoms with Crippen molar-refractivity contribution in [2.45, 2.75) is 37.7 Å². The van der Waals surface area contributed by atoms with E-state index in [2.05, 4.69) is 0 Å². The van der Waals surface area contributed by atoms with E-state index in [1.54, 1.807) is 0 Å². The molecule has 1 atom stereocenters. The maximum atomic E-state index is 10.3. The zero-order valence-corrected chi connectivity index (χ0v) is 9.36. The molecule has 0 aromatic carbocycles. The number of nitrogens with zero attached hydrogens (tertiary/aromatic N) is 1. The Labute approximate surface area is 98.7 Å². The predicted molar refractivity (Wildman–Crippen MR) is 59.1 cm³/mol. The van der Waals surface area contributed by atoms with E-state index in [0.717, 1.165) is 0 Å². The Bertz CT molecular complexity index is 347. The van der Waals surface area contributed by atoms with Crippen LogP contribution in [0.5, 0.6) is 0 Å². The van der Waals surface area contributed by atoms with Crippen molar-refractivity contribution in [2.75, 3.05) is 0 Å². The van der Waals surface area contributed by atoms with Crippen LogP contribution in [0.15, 0.2) is 24.5 Å². The lowest BCUT2D eigenvalue weighted by molar-refractivity contribution is -0.194. The number of aryl methyl sites for hydroxylation is 1. The highest BCUT2D eigenvalue weighted by molar-refractivity contribution is 5.67. The molecule has 1 aromatic heterocycles. The Balaban J connectivity index is 2.33. The van der Waals surface area contributed by atoms with Crippen LogP contribution in [0.25, 0.3) is 0 Å². The van der Waals surface area contributed by atoms with Crippen molar-refractivity contribution >= 4 is 5.97 Å². The number of carbonyl (C=O) groups is 1. The number of aliphatic hydroxyl groups excluding tert-OH is 1. The van der Waals surface area contributed by atoms with E-state index in [0.29, 0.717) is 13.0 Å². The standard InChI is InChI=1S/C11H17NO5/c13-9(3-6-12-4-1-2-5-12)7-11(16,17)8-10(14)15/h1-2,4-5,9,13,16-17H,3,6-8H2,(H,14,15). The summed E-state index contributed by atoms with van der Waals surface area (Å²) in [6, 6.07) is 3.69. The van der Waals surface area contributed by atoms with Crippen LogP contribution in [0.4, 0.5) is 0 Å². The lowest BCUT2D eigenvalue weighted by Crippen LogP contribution is -2.35. The van der Waals surface area contributed by atoms with Gasteiger partial charge >= 0.3 is 5.97 Å². The van der Waals surface area contributed by atoms with E-state index in [1.807, 2.05) is 29.1 Å². The Morgan fingerprint density at radius 3 is 2.41 bits per heavy atom. The summed E-state index contributed by atoms with van der Waals surface area (Å²) in [6.45, 7) is 0.539. The third-order valence-electron chi connectivity index (χ3n) is 2.38. The molecule has 1 heterocycles. The molecule has 0 saturated carbocycles. The van der Waals surface area contributed by atoms with E-state index in [4.69, 9.17) is 5.11 Å². The van der Waals surface area contributed by atoms with Gasteiger partial charge in [-0.15, -0.1) is 0 Å². The Morgan fingerprint density at radius 2 is 1.88 bits per heavy atom. The highest BCUT2D eigenvalue weighted by Crippen LogP contribution is 2.16. The summed E-state index contributed by atoms with van der Waals surface area (Å²) >= 11 is 0. The number of carboxylic acid groups (broad SMARTS) is 1. The molecule has 4 N–H and O–H groups in total. The highest BCUT2D eigenvalue weighted by atomic mass is 16.5. The van der Waals surface area contributed by atoms with Gasteiger partial charge in [-0.2, -0.15) is 0 Å². The molecular weight excluding hydrogens is 226 g/mol. The molecule has 6 heteroatoms. The minimum absolute atomic E-state index is 0.331. The van der Waals surface area contributed by atoms with Crippen LogP contribution in [0, 0.1) is 0 Å². The van der Waals surface area contributed by atoms with E-state index < -0.39 is 24.3 Å². The third-order valence-corrected chi connectivity index (χ3v) is 2.38. The summed E-state index contributed by atoms with van der Waals surface area (Å²) < 4.78 is 1.84. The van der Waals surface area contributed by atoms with Gasteiger partial charge in [0.2, 0.25) is 0 Å². The molecule has 17 heavy (non-hydrogen) atoms. The van der Waals surface area contributed by atoms with Crippen molar-refractivity contribution in [3.63, 3.8) is 0 Å². The summed E-state index contributed by atoms with van der Waals surface area (Å²) in [5.41, 5.74) is 0. The largest absolute Gasteiger partial charge is 0.481 e. The second-order valence-corrected chi connectivity index (χ2v) is 4.12. The molecule has 0 bridgehead atoms. The van der Waals surface area contributed by atoms with Crippen molar-refractivity contribution in [1.82, 2.24) is 4.57 Å². The summed E-state index contributed by atoms with van der Waals surface area (Å²) in [7, 11) is 0. The van der Waals surface area contributed by atoms with Gasteiger partial charge in [0.05, 0.1) is 12.5 Å². The first-order valence-electron chi connectivity index (χ1n) is 5.34. The maximum absolute atomic E-state index is 10.3. The second-order valence-electron chi connectivity index (χ2n) is 4.12. The van der Waals surface area contributed by atoms with Crippen LogP contribution in [-0.4, -0.2) is 42.9 Å². The molecule has 96 valence electrons. The number of rotatable bonds is 7. The van der Waals surface area contributed by atoms with Crippen LogP contribution >= 0.6 is 0 Å². The minimum Gasteiger partial charge on any atom is -0.481 e. The maximum Gasteiger partial charge on any atom is 0.308 e. The quantitative estimate of drug-likeness (QED) is 0.496. The van der Waals surface area contributed by atoms with Crippen molar-refractivity contribution in [3.05, 3.63) is 24.5 Å². The van der Waals surface area contributed by atoms with Crippen LogP contribution < -0.4 is 0 Å². The molecule has 1 unspecified atom stereocenters.